The molecule has 1 unspecified atom stereocenters. The molecular weight excluding hydrogens is 332 g/mol. The van der Waals surface area contributed by atoms with E-state index in [-0.39, 0.29) is 12.1 Å². The number of benzene rings is 2. The van der Waals surface area contributed by atoms with E-state index < -0.39 is 0 Å². The summed E-state index contributed by atoms with van der Waals surface area (Å²) >= 11 is 0. The third-order valence-electron chi connectivity index (χ3n) is 4.45. The molecule has 1 saturated heterocycles. The molecule has 0 aromatic heterocycles. The van der Waals surface area contributed by atoms with Crippen LogP contribution < -0.4 is 14.8 Å². The highest BCUT2D eigenvalue weighted by Gasteiger charge is 2.26. The molecule has 0 spiro atoms. The number of amides is 2. The van der Waals surface area contributed by atoms with Gasteiger partial charge in [0.1, 0.15) is 6.10 Å². The smallest absolute Gasteiger partial charge is 0.322 e. The Morgan fingerprint density at radius 3 is 2.62 bits per heavy atom. The molecule has 6 heteroatoms. The van der Waals surface area contributed by atoms with Crippen LogP contribution in [-0.2, 0) is 4.74 Å². The number of methoxy groups -OCH3 is 2. The zero-order chi connectivity index (χ0) is 18.5. The van der Waals surface area contributed by atoms with Crippen molar-refractivity contribution >= 4 is 11.7 Å². The summed E-state index contributed by atoms with van der Waals surface area (Å²) in [6.45, 7) is 3.59. The highest BCUT2D eigenvalue weighted by Crippen LogP contribution is 2.35. The molecule has 2 aromatic rings. The van der Waals surface area contributed by atoms with Gasteiger partial charge in [0.25, 0.3) is 0 Å². The minimum atomic E-state index is -0.183. The predicted octanol–water partition coefficient (Wildman–Crippen LogP) is 3.62. The molecule has 0 saturated carbocycles. The quantitative estimate of drug-likeness (QED) is 0.909. The van der Waals surface area contributed by atoms with E-state index in [1.165, 1.54) is 5.56 Å². The highest BCUT2D eigenvalue weighted by atomic mass is 16.5. The Morgan fingerprint density at radius 1 is 1.15 bits per heavy atom. The Labute approximate surface area is 153 Å². The Hall–Kier alpha value is -2.73. The van der Waals surface area contributed by atoms with Crippen LogP contribution in [-0.4, -0.2) is 44.8 Å². The zero-order valence-corrected chi connectivity index (χ0v) is 15.3. The largest absolute Gasteiger partial charge is 0.493 e. The van der Waals surface area contributed by atoms with Crippen LogP contribution in [0.2, 0.25) is 0 Å². The maximum absolute atomic E-state index is 12.7. The van der Waals surface area contributed by atoms with Crippen molar-refractivity contribution in [3.05, 3.63) is 53.6 Å². The van der Waals surface area contributed by atoms with Crippen LogP contribution in [0.5, 0.6) is 11.5 Å². The molecule has 1 heterocycles. The lowest BCUT2D eigenvalue weighted by Gasteiger charge is -2.33. The average Bonchev–Trinajstić information content (AvgIpc) is 2.68. The molecule has 0 aliphatic carbocycles. The topological polar surface area (TPSA) is 60.0 Å². The Bertz CT molecular complexity index is 761. The lowest BCUT2D eigenvalue weighted by atomic mass is 10.1. The number of carbonyl (C=O) groups excluding carboxylic acids is 1. The van der Waals surface area contributed by atoms with E-state index in [9.17, 15) is 4.79 Å². The van der Waals surface area contributed by atoms with E-state index >= 15 is 0 Å². The number of anilines is 1. The molecule has 3 rings (SSSR count). The zero-order valence-electron chi connectivity index (χ0n) is 15.3. The fourth-order valence-corrected chi connectivity index (χ4v) is 3.00. The second-order valence-electron chi connectivity index (χ2n) is 6.19. The molecular formula is C20H24N2O4. The van der Waals surface area contributed by atoms with E-state index in [4.69, 9.17) is 14.2 Å². The number of nitrogens with zero attached hydrogens (tertiary/aromatic N) is 1. The first-order chi connectivity index (χ1) is 12.6. The molecule has 2 amide bonds. The van der Waals surface area contributed by atoms with Crippen molar-refractivity contribution in [2.24, 2.45) is 0 Å². The summed E-state index contributed by atoms with van der Waals surface area (Å²) in [4.78, 5) is 14.5. The summed E-state index contributed by atoms with van der Waals surface area (Å²) < 4.78 is 16.5. The van der Waals surface area contributed by atoms with Gasteiger partial charge in [0, 0.05) is 6.54 Å². The van der Waals surface area contributed by atoms with E-state index in [1.54, 1.807) is 31.3 Å². The molecule has 1 fully saturated rings. The van der Waals surface area contributed by atoms with Gasteiger partial charge in [-0.2, -0.15) is 0 Å². The maximum Gasteiger partial charge on any atom is 0.322 e. The standard InChI is InChI=1S/C20H24N2O4/c1-14-7-9-15(10-8-14)18-13-22(11-12-26-18)20(23)21-16-5-4-6-17(24-2)19(16)25-3/h4-10,18H,11-13H2,1-3H3,(H,21,23). The van der Waals surface area contributed by atoms with Crippen molar-refractivity contribution in [1.29, 1.82) is 0 Å². The van der Waals surface area contributed by atoms with Crippen LogP contribution in [0.25, 0.3) is 0 Å². The summed E-state index contributed by atoms with van der Waals surface area (Å²) in [5.74, 6) is 1.08. The normalized spacial score (nSPS) is 16.9. The fraction of sp³-hybridized carbons (Fsp3) is 0.350. The summed E-state index contributed by atoms with van der Waals surface area (Å²) in [6.07, 6.45) is -0.123. The van der Waals surface area contributed by atoms with Gasteiger partial charge in [-0.05, 0) is 24.6 Å². The van der Waals surface area contributed by atoms with E-state index in [0.717, 1.165) is 5.56 Å². The van der Waals surface area contributed by atoms with Gasteiger partial charge < -0.3 is 24.4 Å². The third-order valence-corrected chi connectivity index (χ3v) is 4.45. The summed E-state index contributed by atoms with van der Waals surface area (Å²) in [6, 6.07) is 13.4. The molecule has 1 N–H and O–H groups in total. The Morgan fingerprint density at radius 2 is 1.92 bits per heavy atom. The Kier molecular flexibility index (Phi) is 5.63. The fourth-order valence-electron chi connectivity index (χ4n) is 3.00. The van der Waals surface area contributed by atoms with Gasteiger partial charge in [-0.3, -0.25) is 0 Å². The number of aryl methyl sites for hydroxylation is 1. The Balaban J connectivity index is 1.71. The van der Waals surface area contributed by atoms with Gasteiger partial charge in [0.2, 0.25) is 0 Å². The molecule has 1 aliphatic rings. The predicted molar refractivity (Wildman–Crippen MR) is 100 cm³/mol. The molecule has 0 bridgehead atoms. The van der Waals surface area contributed by atoms with E-state index in [1.807, 2.05) is 25.1 Å². The minimum absolute atomic E-state index is 0.123. The number of urea groups is 1. The number of hydrogen-bond acceptors (Lipinski definition) is 4. The van der Waals surface area contributed by atoms with Gasteiger partial charge >= 0.3 is 6.03 Å². The van der Waals surface area contributed by atoms with Crippen LogP contribution in [0, 0.1) is 6.92 Å². The maximum atomic E-state index is 12.7. The van der Waals surface area contributed by atoms with E-state index in [0.29, 0.717) is 36.9 Å². The van der Waals surface area contributed by atoms with Gasteiger partial charge in [-0.15, -0.1) is 0 Å². The molecule has 1 aliphatic heterocycles. The average molecular weight is 356 g/mol. The number of morpholine rings is 1. The van der Waals surface area contributed by atoms with Crippen molar-refractivity contribution in [2.75, 3.05) is 39.2 Å². The van der Waals surface area contributed by atoms with Gasteiger partial charge in [0.05, 0.1) is 33.1 Å². The molecule has 138 valence electrons. The van der Waals surface area contributed by atoms with E-state index in [2.05, 4.69) is 17.4 Å². The van der Waals surface area contributed by atoms with Crippen LogP contribution in [0.1, 0.15) is 17.2 Å². The molecule has 26 heavy (non-hydrogen) atoms. The SMILES string of the molecule is COc1cccc(NC(=O)N2CCOC(c3ccc(C)cc3)C2)c1OC. The lowest BCUT2D eigenvalue weighted by Crippen LogP contribution is -2.44. The van der Waals surface area contributed by atoms with Crippen molar-refractivity contribution in [2.45, 2.75) is 13.0 Å². The van der Waals surface area contributed by atoms with Crippen molar-refractivity contribution < 1.29 is 19.0 Å². The van der Waals surface area contributed by atoms with Gasteiger partial charge in [-0.25, -0.2) is 4.79 Å². The van der Waals surface area contributed by atoms with Crippen LogP contribution in [0.4, 0.5) is 10.5 Å². The number of hydrogen-bond donors (Lipinski definition) is 1. The van der Waals surface area contributed by atoms with Crippen LogP contribution in [0.15, 0.2) is 42.5 Å². The van der Waals surface area contributed by atoms with Crippen LogP contribution >= 0.6 is 0 Å². The van der Waals surface area contributed by atoms with Gasteiger partial charge in [0.15, 0.2) is 11.5 Å². The second kappa shape index (κ2) is 8.10. The summed E-state index contributed by atoms with van der Waals surface area (Å²) in [7, 11) is 3.12. The number of carbonyl (C=O) groups is 1. The highest BCUT2D eigenvalue weighted by molar-refractivity contribution is 5.91. The minimum Gasteiger partial charge on any atom is -0.493 e. The summed E-state index contributed by atoms with van der Waals surface area (Å²) in [5.41, 5.74) is 2.85. The lowest BCUT2D eigenvalue weighted by molar-refractivity contribution is -0.0135. The molecule has 2 aromatic carbocycles. The first kappa shape index (κ1) is 18.1. The number of rotatable bonds is 4. The number of para-hydroxylation sites is 1. The van der Waals surface area contributed by atoms with Crippen LogP contribution in [0.3, 0.4) is 0 Å². The molecule has 1 atom stereocenters. The number of ether oxygens (including phenoxy) is 3. The van der Waals surface area contributed by atoms with Gasteiger partial charge in [-0.1, -0.05) is 35.9 Å². The third kappa shape index (κ3) is 3.91. The molecule has 0 radical (unpaired) electrons. The second-order valence-corrected chi connectivity index (χ2v) is 6.19. The molecule has 6 nitrogen and oxygen atoms in total. The first-order valence-corrected chi connectivity index (χ1v) is 8.57. The summed E-state index contributed by atoms with van der Waals surface area (Å²) in [5, 5.41) is 2.91. The number of nitrogens with one attached hydrogen (secondary N) is 1. The van der Waals surface area contributed by atoms with Crippen molar-refractivity contribution in [3.8, 4) is 11.5 Å². The monoisotopic (exact) mass is 356 g/mol. The van der Waals surface area contributed by atoms with Crippen molar-refractivity contribution in [1.82, 2.24) is 4.90 Å². The first-order valence-electron chi connectivity index (χ1n) is 8.57. The van der Waals surface area contributed by atoms with Crippen molar-refractivity contribution in [3.63, 3.8) is 0 Å².